The predicted molar refractivity (Wildman–Crippen MR) is 75.1 cm³/mol. The molecule has 0 spiro atoms. The third-order valence-corrected chi connectivity index (χ3v) is 2.97. The van der Waals surface area contributed by atoms with Gasteiger partial charge in [-0.3, -0.25) is 9.59 Å². The van der Waals surface area contributed by atoms with E-state index in [9.17, 15) is 9.59 Å². The van der Waals surface area contributed by atoms with Gasteiger partial charge in [0, 0.05) is 12.1 Å². The summed E-state index contributed by atoms with van der Waals surface area (Å²) in [7, 11) is 0. The lowest BCUT2D eigenvalue weighted by atomic mass is 10.0. The van der Waals surface area contributed by atoms with Gasteiger partial charge in [0.1, 0.15) is 6.04 Å². The first-order valence-corrected chi connectivity index (χ1v) is 6.34. The molecule has 0 bridgehead atoms. The number of primary amides is 1. The van der Waals surface area contributed by atoms with Crippen molar-refractivity contribution in [2.45, 2.75) is 32.7 Å². The highest BCUT2D eigenvalue weighted by molar-refractivity contribution is 5.86. The van der Waals surface area contributed by atoms with Crippen LogP contribution in [0.1, 0.15) is 25.8 Å². The first-order chi connectivity index (χ1) is 8.91. The lowest BCUT2D eigenvalue weighted by molar-refractivity contribution is -0.128. The molecule has 5 heteroatoms. The molecule has 5 nitrogen and oxygen atoms in total. The van der Waals surface area contributed by atoms with Crippen LogP contribution in [0, 0.1) is 5.92 Å². The number of carbonyl (C=O) groups excluding carboxylic acids is 2. The Kier molecular flexibility index (Phi) is 5.36. The number of rotatable bonds is 6. The molecule has 0 aromatic heterocycles. The third-order valence-electron chi connectivity index (χ3n) is 2.97. The van der Waals surface area contributed by atoms with E-state index in [-0.39, 0.29) is 18.2 Å². The van der Waals surface area contributed by atoms with Gasteiger partial charge in [0.2, 0.25) is 11.8 Å². The number of amides is 2. The van der Waals surface area contributed by atoms with Crippen molar-refractivity contribution in [2.24, 2.45) is 11.7 Å². The van der Waals surface area contributed by atoms with E-state index < -0.39 is 11.9 Å². The fraction of sp³-hybridized carbons (Fsp3) is 0.429. The molecule has 0 fully saturated rings. The fourth-order valence-electron chi connectivity index (χ4n) is 1.82. The monoisotopic (exact) mass is 263 g/mol. The van der Waals surface area contributed by atoms with Gasteiger partial charge in [0.15, 0.2) is 0 Å². The number of benzene rings is 1. The number of nitrogens with two attached hydrogens (primary N) is 2. The Bertz CT molecular complexity index is 458. The molecule has 1 aromatic carbocycles. The van der Waals surface area contributed by atoms with E-state index in [2.05, 4.69) is 5.32 Å². The maximum absolute atomic E-state index is 11.8. The van der Waals surface area contributed by atoms with Crippen molar-refractivity contribution >= 4 is 17.5 Å². The van der Waals surface area contributed by atoms with Crippen molar-refractivity contribution in [1.29, 1.82) is 0 Å². The van der Waals surface area contributed by atoms with Crippen molar-refractivity contribution in [2.75, 3.05) is 5.73 Å². The number of hydrogen-bond acceptors (Lipinski definition) is 3. The second kappa shape index (κ2) is 6.78. The van der Waals surface area contributed by atoms with Gasteiger partial charge in [-0.15, -0.1) is 0 Å². The van der Waals surface area contributed by atoms with Crippen LogP contribution in [-0.2, 0) is 16.0 Å². The molecular formula is C14H21N3O2. The van der Waals surface area contributed by atoms with E-state index in [0.717, 1.165) is 5.56 Å². The summed E-state index contributed by atoms with van der Waals surface area (Å²) in [5.74, 6) is -0.730. The lowest BCUT2D eigenvalue weighted by Gasteiger charge is -2.18. The second-order valence-electron chi connectivity index (χ2n) is 4.89. The quantitative estimate of drug-likeness (QED) is 0.663. The summed E-state index contributed by atoms with van der Waals surface area (Å²) in [5, 5.41) is 2.65. The number of hydrogen-bond donors (Lipinski definition) is 3. The Balaban J connectivity index is 2.52. The predicted octanol–water partition coefficient (Wildman–Crippen LogP) is 0.828. The summed E-state index contributed by atoms with van der Waals surface area (Å²) >= 11 is 0. The smallest absolute Gasteiger partial charge is 0.240 e. The zero-order chi connectivity index (χ0) is 14.4. The summed E-state index contributed by atoms with van der Waals surface area (Å²) < 4.78 is 0. The molecule has 104 valence electrons. The van der Waals surface area contributed by atoms with Crippen LogP contribution in [0.4, 0.5) is 5.69 Å². The first kappa shape index (κ1) is 15.0. The molecule has 0 aliphatic carbocycles. The lowest BCUT2D eigenvalue weighted by Crippen LogP contribution is -2.47. The van der Waals surface area contributed by atoms with Gasteiger partial charge in [0.25, 0.3) is 0 Å². The largest absolute Gasteiger partial charge is 0.399 e. The molecule has 1 unspecified atom stereocenters. The molecule has 0 saturated heterocycles. The molecule has 1 aromatic rings. The average molecular weight is 263 g/mol. The zero-order valence-corrected chi connectivity index (χ0v) is 11.3. The molecule has 1 rings (SSSR count). The number of nitrogen functional groups attached to an aromatic ring is 1. The van der Waals surface area contributed by atoms with Crippen molar-refractivity contribution in [1.82, 2.24) is 5.32 Å². The van der Waals surface area contributed by atoms with Gasteiger partial charge in [-0.1, -0.05) is 32.0 Å². The maximum Gasteiger partial charge on any atom is 0.240 e. The van der Waals surface area contributed by atoms with Crippen LogP contribution in [0.5, 0.6) is 0 Å². The van der Waals surface area contributed by atoms with E-state index >= 15 is 0 Å². The van der Waals surface area contributed by atoms with Gasteiger partial charge >= 0.3 is 0 Å². The molecule has 0 aliphatic rings. The number of aryl methyl sites for hydroxylation is 1. The minimum absolute atomic E-state index is 0.0248. The van der Waals surface area contributed by atoms with Crippen LogP contribution < -0.4 is 16.8 Å². The fourth-order valence-corrected chi connectivity index (χ4v) is 1.82. The molecule has 0 radical (unpaired) electrons. The Hall–Kier alpha value is -2.04. The molecule has 19 heavy (non-hydrogen) atoms. The molecule has 0 aliphatic heterocycles. The van der Waals surface area contributed by atoms with E-state index in [4.69, 9.17) is 11.5 Å². The molecule has 5 N–H and O–H groups in total. The van der Waals surface area contributed by atoms with Gasteiger partial charge in [-0.2, -0.15) is 0 Å². The highest BCUT2D eigenvalue weighted by Gasteiger charge is 2.21. The van der Waals surface area contributed by atoms with Crippen molar-refractivity contribution in [3.63, 3.8) is 0 Å². The minimum atomic E-state index is -0.624. The summed E-state index contributed by atoms with van der Waals surface area (Å²) in [6.07, 6.45) is 0.826. The minimum Gasteiger partial charge on any atom is -0.399 e. The van der Waals surface area contributed by atoms with Crippen molar-refractivity contribution in [3.05, 3.63) is 29.8 Å². The number of nitrogens with one attached hydrogen (secondary N) is 1. The first-order valence-electron chi connectivity index (χ1n) is 6.34. The van der Waals surface area contributed by atoms with Gasteiger partial charge < -0.3 is 16.8 Å². The SMILES string of the molecule is CC(C)C(NC(=O)CCc1ccccc1N)C(N)=O. The second-order valence-corrected chi connectivity index (χ2v) is 4.89. The van der Waals surface area contributed by atoms with Gasteiger partial charge in [-0.25, -0.2) is 0 Å². The van der Waals surface area contributed by atoms with Crippen molar-refractivity contribution < 1.29 is 9.59 Å². The summed E-state index contributed by atoms with van der Waals surface area (Å²) in [5.41, 5.74) is 12.6. The molecule has 0 saturated carbocycles. The van der Waals surface area contributed by atoms with Crippen LogP contribution >= 0.6 is 0 Å². The van der Waals surface area contributed by atoms with Crippen LogP contribution in [0.15, 0.2) is 24.3 Å². The average Bonchev–Trinajstić information content (AvgIpc) is 2.34. The number of anilines is 1. The molecule has 1 atom stereocenters. The van der Waals surface area contributed by atoms with Crippen LogP contribution in [0.25, 0.3) is 0 Å². The Morgan fingerprint density at radius 2 is 1.89 bits per heavy atom. The van der Waals surface area contributed by atoms with E-state index in [1.54, 1.807) is 6.07 Å². The van der Waals surface area contributed by atoms with Crippen molar-refractivity contribution in [3.8, 4) is 0 Å². The number of carbonyl (C=O) groups is 2. The zero-order valence-electron chi connectivity index (χ0n) is 11.3. The van der Waals surface area contributed by atoms with E-state index in [1.165, 1.54) is 0 Å². The Labute approximate surface area is 113 Å². The molecule has 0 heterocycles. The Morgan fingerprint density at radius 1 is 1.26 bits per heavy atom. The van der Waals surface area contributed by atoms with Gasteiger partial charge in [0.05, 0.1) is 0 Å². The Morgan fingerprint density at radius 3 is 2.42 bits per heavy atom. The van der Waals surface area contributed by atoms with Crippen LogP contribution in [0.2, 0.25) is 0 Å². The maximum atomic E-state index is 11.8. The van der Waals surface area contributed by atoms with Gasteiger partial charge in [-0.05, 0) is 24.0 Å². The van der Waals surface area contributed by atoms with Crippen LogP contribution in [-0.4, -0.2) is 17.9 Å². The van der Waals surface area contributed by atoms with Crippen LogP contribution in [0.3, 0.4) is 0 Å². The molecular weight excluding hydrogens is 242 g/mol. The highest BCUT2D eigenvalue weighted by atomic mass is 16.2. The highest BCUT2D eigenvalue weighted by Crippen LogP contribution is 2.12. The van der Waals surface area contributed by atoms with E-state index in [1.807, 2.05) is 32.0 Å². The number of para-hydroxylation sites is 1. The normalized spacial score (nSPS) is 12.2. The summed E-state index contributed by atoms with van der Waals surface area (Å²) in [6.45, 7) is 3.68. The third kappa shape index (κ3) is 4.62. The van der Waals surface area contributed by atoms with E-state index in [0.29, 0.717) is 12.1 Å². The standard InChI is InChI=1S/C14H21N3O2/c1-9(2)13(14(16)19)17-12(18)8-7-10-5-3-4-6-11(10)15/h3-6,9,13H,7-8,15H2,1-2H3,(H2,16,19)(H,17,18). The summed E-state index contributed by atoms with van der Waals surface area (Å²) in [4.78, 5) is 23.0. The topological polar surface area (TPSA) is 98.2 Å². The molecule has 2 amide bonds. The summed E-state index contributed by atoms with van der Waals surface area (Å²) in [6, 6.07) is 6.79.